The van der Waals surface area contributed by atoms with Gasteiger partial charge in [-0.05, 0) is 150 Å². The molecule has 4 heterocycles. The molecule has 0 bridgehead atoms. The molecule has 0 radical (unpaired) electrons. The molecule has 2 fully saturated rings. The van der Waals surface area contributed by atoms with Crippen LogP contribution in [0.25, 0.3) is 21.8 Å². The predicted octanol–water partition coefficient (Wildman–Crippen LogP) is 11.7. The molecule has 0 spiro atoms. The number of nitrogen functional groups attached to an aromatic ring is 1. The molecule has 2 saturated heterocycles. The van der Waals surface area contributed by atoms with E-state index >= 15 is 0 Å². The van der Waals surface area contributed by atoms with Crippen molar-refractivity contribution < 1.29 is 42.5 Å². The predicted molar refractivity (Wildman–Crippen MR) is 340 cm³/mol. The fraction of sp³-hybridized carbons (Fsp3) is 0.375. The van der Waals surface area contributed by atoms with Gasteiger partial charge in [0.2, 0.25) is 5.91 Å². The highest BCUT2D eigenvalue weighted by molar-refractivity contribution is 6.31. The van der Waals surface area contributed by atoms with E-state index < -0.39 is 52.4 Å². The number of aromatic nitrogens is 4. The minimum absolute atomic E-state index is 0.139. The Bertz CT molecular complexity index is 3700. The fourth-order valence-electron chi connectivity index (χ4n) is 8.87. The van der Waals surface area contributed by atoms with Crippen molar-refractivity contribution in [1.82, 2.24) is 39.5 Å². The Labute approximate surface area is 517 Å². The number of nitrogens with one attached hydrogen (secondary N) is 1. The van der Waals surface area contributed by atoms with E-state index in [2.05, 4.69) is 123 Å². The smallest absolute Gasteiger partial charge is 0.420 e. The Kier molecular flexibility index (Phi) is 22.2. The number of likely N-dealkylation sites (N-methyl/N-ethyl adjacent to an activating group) is 2. The normalized spacial score (nSPS) is 14.3. The molecule has 0 atom stereocenters. The van der Waals surface area contributed by atoms with Crippen LogP contribution in [0.2, 0.25) is 10.0 Å². The summed E-state index contributed by atoms with van der Waals surface area (Å²) in [5.41, 5.74) is 7.54. The summed E-state index contributed by atoms with van der Waals surface area (Å²) in [6.45, 7) is 32.9. The van der Waals surface area contributed by atoms with Crippen molar-refractivity contribution in [2.24, 2.45) is 0 Å². The second-order valence-electron chi connectivity index (χ2n) is 23.5. The lowest BCUT2D eigenvalue weighted by Crippen LogP contribution is -2.53. The summed E-state index contributed by atoms with van der Waals surface area (Å²) < 4.78 is 39.4. The van der Waals surface area contributed by atoms with E-state index in [-0.39, 0.29) is 38.6 Å². The number of aliphatic carboxylic acids is 1. The van der Waals surface area contributed by atoms with Gasteiger partial charge in [0.15, 0.2) is 11.6 Å². The van der Waals surface area contributed by atoms with Crippen LogP contribution in [0.1, 0.15) is 80.4 Å². The number of anilines is 6. The van der Waals surface area contributed by atoms with Gasteiger partial charge in [-0.1, -0.05) is 60.0 Å². The van der Waals surface area contributed by atoms with Crippen LogP contribution in [0.4, 0.5) is 52.8 Å². The van der Waals surface area contributed by atoms with Crippen LogP contribution in [0.5, 0.6) is 0 Å². The molecule has 19 nitrogen and oxygen atoms in total. The monoisotopic (exact) mass is 1230 g/mol. The van der Waals surface area contributed by atoms with Crippen molar-refractivity contribution in [3.05, 3.63) is 131 Å². The molecule has 3 amide bonds. The Morgan fingerprint density at radius 2 is 1.01 bits per heavy atom. The van der Waals surface area contributed by atoms with Gasteiger partial charge in [0.05, 0.1) is 54.8 Å². The number of fused-ring (bicyclic) bond motifs is 2. The number of rotatable bonds is 9. The number of hydrogen-bond acceptors (Lipinski definition) is 15. The number of carbonyl (C=O) groups is 4. The van der Waals surface area contributed by atoms with Crippen molar-refractivity contribution in [3.8, 4) is 23.7 Å². The highest BCUT2D eigenvalue weighted by Crippen LogP contribution is 2.38. The van der Waals surface area contributed by atoms with Crippen LogP contribution in [0, 0.1) is 35.3 Å². The number of carboxylic acid groups (broad SMARTS) is 1. The molecule has 2 aromatic heterocycles. The van der Waals surface area contributed by atoms with Crippen molar-refractivity contribution >= 4 is 103 Å². The molecule has 0 aliphatic carbocycles. The largest absolute Gasteiger partial charge is 0.478 e. The zero-order chi connectivity index (χ0) is 64.3. The summed E-state index contributed by atoms with van der Waals surface area (Å²) in [5.74, 6) is 11.0. The van der Waals surface area contributed by atoms with Crippen LogP contribution in [-0.2, 0) is 19.1 Å². The Balaban J connectivity index is 0.000000259. The number of carbonyl (C=O) groups excluding carboxylic acids is 3. The Morgan fingerprint density at radius 3 is 1.39 bits per heavy atom. The Hall–Kier alpha value is -8.28. The molecule has 8 rings (SSSR count). The average molecular weight is 1230 g/mol. The first-order chi connectivity index (χ1) is 40.7. The van der Waals surface area contributed by atoms with Crippen molar-refractivity contribution in [2.45, 2.75) is 91.5 Å². The molecular weight excluding hydrogens is 1160 g/mol. The standard InChI is InChI=1S/C32H36ClFN6O3.C29H34ClFN6O2.C3H4O2/c1-8-28(41)37-26-19-23-27(17-21(26)11-12-32(5,6)39-15-13-38(7)14-16-39)35-20-36-29(23)40(30(42)43-31(2,3)4)22-9-10-25(34)24(33)18-22;1-28(2,3)39-27(38)37(20-7-8-23(31)22(30)16-20)26-21-17-24(32)19(15-25(21)33-18-34-26)9-10-29(4,5)36-13-11-35(6)12-14-36;1-2-3(4)5/h8-10,17-20H,1,13-16H2,2-7H3,(H,37,41);7-8,15-18H,11-14,32H2,1-6H3;2H,1H2,(H,4,5). The fourth-order valence-corrected chi connectivity index (χ4v) is 9.22. The second kappa shape index (κ2) is 28.5. The topological polar surface area (TPSA) is 216 Å². The summed E-state index contributed by atoms with van der Waals surface area (Å²) in [7, 11) is 4.22. The SMILES string of the molecule is C=CC(=O)Nc1cc2c(N(C(=O)OC(C)(C)C)c3ccc(F)c(Cl)c3)ncnc2cc1C#CC(C)(C)N1CCN(C)CC1.C=CC(=O)O.CN1CCN(C(C)(C)C#Cc2cc3ncnc(N(C(=O)OC(C)(C)C)c4ccc(F)c(Cl)c4)c3cc2N)CC1. The van der Waals surface area contributed by atoms with Gasteiger partial charge >= 0.3 is 18.2 Å². The highest BCUT2D eigenvalue weighted by atomic mass is 35.5. The molecule has 6 aromatic rings. The quantitative estimate of drug-likeness (QED) is 0.0697. The average Bonchev–Trinajstić information content (AvgIpc) is 0.969. The number of halogens is 4. The molecular formula is C64H74Cl2F2N12O7. The van der Waals surface area contributed by atoms with Gasteiger partial charge in [0.1, 0.15) is 35.5 Å². The van der Waals surface area contributed by atoms with Gasteiger partial charge in [-0.3, -0.25) is 14.6 Å². The first-order valence-electron chi connectivity index (χ1n) is 27.7. The van der Waals surface area contributed by atoms with Gasteiger partial charge in [-0.25, -0.2) is 52.9 Å². The molecule has 87 heavy (non-hydrogen) atoms. The number of amides is 3. The zero-order valence-corrected chi connectivity index (χ0v) is 52.6. The van der Waals surface area contributed by atoms with Crippen LogP contribution >= 0.6 is 23.2 Å². The van der Waals surface area contributed by atoms with Gasteiger partial charge in [0, 0.05) is 80.5 Å². The maximum Gasteiger partial charge on any atom is 0.420 e. The molecule has 23 heteroatoms. The number of carboxylic acids is 1. The summed E-state index contributed by atoms with van der Waals surface area (Å²) in [6.07, 6.45) is 3.19. The number of nitrogens with zero attached hydrogens (tertiary/aromatic N) is 10. The van der Waals surface area contributed by atoms with Gasteiger partial charge in [-0.15, -0.1) is 0 Å². The zero-order valence-electron chi connectivity index (χ0n) is 51.1. The Morgan fingerprint density at radius 1 is 0.621 bits per heavy atom. The third-order valence-electron chi connectivity index (χ3n) is 13.6. The lowest BCUT2D eigenvalue weighted by molar-refractivity contribution is -0.131. The minimum Gasteiger partial charge on any atom is -0.478 e. The molecule has 4 aromatic carbocycles. The van der Waals surface area contributed by atoms with Gasteiger partial charge < -0.3 is 35.4 Å². The van der Waals surface area contributed by atoms with E-state index in [1.54, 1.807) is 65.8 Å². The van der Waals surface area contributed by atoms with Crippen LogP contribution in [0.3, 0.4) is 0 Å². The van der Waals surface area contributed by atoms with E-state index in [1.807, 2.05) is 0 Å². The van der Waals surface area contributed by atoms with Crippen molar-refractivity contribution in [3.63, 3.8) is 0 Å². The van der Waals surface area contributed by atoms with Crippen LogP contribution in [-0.4, -0.2) is 157 Å². The van der Waals surface area contributed by atoms with Crippen molar-refractivity contribution in [1.29, 1.82) is 0 Å². The van der Waals surface area contributed by atoms with Gasteiger partial charge in [-0.2, -0.15) is 0 Å². The number of ether oxygens (including phenoxy) is 2. The summed E-state index contributed by atoms with van der Waals surface area (Å²) >= 11 is 12.1. The summed E-state index contributed by atoms with van der Waals surface area (Å²) in [6, 6.07) is 14.7. The minimum atomic E-state index is -0.981. The van der Waals surface area contributed by atoms with E-state index in [9.17, 15) is 28.0 Å². The van der Waals surface area contributed by atoms with Crippen molar-refractivity contribution in [2.75, 3.05) is 87.3 Å². The van der Waals surface area contributed by atoms with Crippen LogP contribution in [0.15, 0.2) is 98.6 Å². The molecule has 2 aliphatic rings. The summed E-state index contributed by atoms with van der Waals surface area (Å²) in [4.78, 5) is 78.0. The van der Waals surface area contributed by atoms with E-state index in [1.165, 1.54) is 52.8 Å². The van der Waals surface area contributed by atoms with Crippen LogP contribution < -0.4 is 20.9 Å². The second-order valence-corrected chi connectivity index (χ2v) is 24.3. The van der Waals surface area contributed by atoms with E-state index in [0.717, 1.165) is 70.6 Å². The third kappa shape index (κ3) is 18.4. The number of nitrogens with two attached hydrogens (primary N) is 1. The third-order valence-corrected chi connectivity index (χ3v) is 14.2. The van der Waals surface area contributed by atoms with E-state index in [4.69, 9.17) is 43.5 Å². The maximum atomic E-state index is 14.1. The van der Waals surface area contributed by atoms with E-state index in [0.29, 0.717) is 44.3 Å². The molecule has 0 unspecified atom stereocenters. The van der Waals surface area contributed by atoms with Gasteiger partial charge in [0.25, 0.3) is 0 Å². The highest BCUT2D eigenvalue weighted by Gasteiger charge is 2.32. The maximum absolute atomic E-state index is 14.1. The first-order valence-corrected chi connectivity index (χ1v) is 28.5. The number of benzene rings is 4. The molecule has 460 valence electrons. The molecule has 2 aliphatic heterocycles. The number of piperazine rings is 2. The first kappa shape index (κ1) is 67.8. The lowest BCUT2D eigenvalue weighted by atomic mass is 10.0. The molecule has 0 saturated carbocycles. The summed E-state index contributed by atoms with van der Waals surface area (Å²) in [5, 5.41) is 11.0. The lowest BCUT2D eigenvalue weighted by Gasteiger charge is -2.40. The number of hydrogen-bond donors (Lipinski definition) is 3. The molecule has 4 N–H and O–H groups in total.